The van der Waals surface area contributed by atoms with Gasteiger partial charge in [-0.2, -0.15) is 0 Å². The van der Waals surface area contributed by atoms with Crippen LogP contribution in [0.3, 0.4) is 0 Å². The van der Waals surface area contributed by atoms with Gasteiger partial charge in [-0.1, -0.05) is 338 Å². The van der Waals surface area contributed by atoms with Crippen LogP contribution in [0.5, 0.6) is 0 Å². The highest BCUT2D eigenvalue weighted by molar-refractivity contribution is 5.71. The molecule has 0 aromatic rings. The molecule has 6 heteroatoms. The van der Waals surface area contributed by atoms with Gasteiger partial charge in [0.15, 0.2) is 6.10 Å². The van der Waals surface area contributed by atoms with Gasteiger partial charge in [0, 0.05) is 19.3 Å². The third kappa shape index (κ3) is 67.9. The number of ether oxygens (including phenoxy) is 3. The number of unbranched alkanes of at least 4 members (excludes halogenated alkanes) is 46. The van der Waals surface area contributed by atoms with Gasteiger partial charge in [-0.25, -0.2) is 0 Å². The maximum absolute atomic E-state index is 12.9. The van der Waals surface area contributed by atoms with Gasteiger partial charge < -0.3 is 14.2 Å². The van der Waals surface area contributed by atoms with Crippen molar-refractivity contribution in [2.75, 3.05) is 13.2 Å². The van der Waals surface area contributed by atoms with E-state index >= 15 is 0 Å². The first-order valence-electron chi connectivity index (χ1n) is 36.3. The van der Waals surface area contributed by atoms with Gasteiger partial charge in [0.1, 0.15) is 13.2 Å². The molecule has 1 unspecified atom stereocenters. The Hall–Kier alpha value is -2.89. The van der Waals surface area contributed by atoms with Gasteiger partial charge in [0.05, 0.1) is 0 Å². The van der Waals surface area contributed by atoms with E-state index in [0.717, 1.165) is 77.0 Å². The third-order valence-corrected chi connectivity index (χ3v) is 16.2. The van der Waals surface area contributed by atoms with Crippen molar-refractivity contribution < 1.29 is 28.6 Å². The molecule has 0 spiro atoms. The topological polar surface area (TPSA) is 78.9 Å². The van der Waals surface area contributed by atoms with Crippen LogP contribution < -0.4 is 0 Å². The lowest BCUT2D eigenvalue weighted by Crippen LogP contribution is -2.30. The molecule has 0 radical (unpaired) electrons. The Morgan fingerprint density at radius 2 is 0.439 bits per heavy atom. The molecule has 0 rings (SSSR count). The number of rotatable bonds is 67. The van der Waals surface area contributed by atoms with E-state index in [4.69, 9.17) is 14.2 Å². The van der Waals surface area contributed by atoms with Crippen LogP contribution in [0, 0.1) is 0 Å². The van der Waals surface area contributed by atoms with Crippen LogP contribution in [0.15, 0.2) is 60.8 Å². The Bertz CT molecular complexity index is 1460. The van der Waals surface area contributed by atoms with Crippen molar-refractivity contribution in [3.63, 3.8) is 0 Å². The summed E-state index contributed by atoms with van der Waals surface area (Å²) in [6, 6.07) is 0. The highest BCUT2D eigenvalue weighted by Crippen LogP contribution is 2.18. The summed E-state index contributed by atoms with van der Waals surface area (Å²) >= 11 is 0. The van der Waals surface area contributed by atoms with Gasteiger partial charge in [0.2, 0.25) is 0 Å². The minimum absolute atomic E-state index is 0.0699. The molecule has 0 fully saturated rings. The first-order chi connectivity index (χ1) is 40.5. The van der Waals surface area contributed by atoms with Crippen LogP contribution >= 0.6 is 0 Å². The van der Waals surface area contributed by atoms with Gasteiger partial charge >= 0.3 is 17.9 Å². The molecule has 0 amide bonds. The maximum Gasteiger partial charge on any atom is 0.306 e. The second-order valence-electron chi connectivity index (χ2n) is 24.5. The zero-order valence-corrected chi connectivity index (χ0v) is 55.0. The first-order valence-corrected chi connectivity index (χ1v) is 36.3. The van der Waals surface area contributed by atoms with Crippen LogP contribution in [-0.2, 0) is 28.6 Å². The first kappa shape index (κ1) is 79.1. The molecule has 0 N–H and O–H groups in total. The summed E-state index contributed by atoms with van der Waals surface area (Å²) in [6.07, 6.45) is 91.2. The average Bonchev–Trinajstić information content (AvgIpc) is 3.48. The second-order valence-corrected chi connectivity index (χ2v) is 24.5. The van der Waals surface area contributed by atoms with Crippen molar-refractivity contribution in [1.82, 2.24) is 0 Å². The summed E-state index contributed by atoms with van der Waals surface area (Å²) in [6.45, 7) is 6.66. The molecule has 0 heterocycles. The van der Waals surface area contributed by atoms with E-state index in [1.54, 1.807) is 0 Å². The molecule has 0 aromatic carbocycles. The van der Waals surface area contributed by atoms with Crippen molar-refractivity contribution in [2.24, 2.45) is 0 Å². The minimum Gasteiger partial charge on any atom is -0.462 e. The molecule has 0 saturated carbocycles. The summed E-state index contributed by atoms with van der Waals surface area (Å²) in [4.78, 5) is 38.4. The van der Waals surface area contributed by atoms with Gasteiger partial charge in [-0.05, 0) is 89.9 Å². The molecule has 0 aromatic heterocycles. The number of carbonyl (C=O) groups excluding carboxylic acids is 3. The molecular formula is C76H138O6. The Morgan fingerprint density at radius 3 is 0.683 bits per heavy atom. The summed E-state index contributed by atoms with van der Waals surface area (Å²) in [7, 11) is 0. The van der Waals surface area contributed by atoms with Crippen molar-refractivity contribution in [3.8, 4) is 0 Å². The van der Waals surface area contributed by atoms with E-state index in [1.165, 1.54) is 270 Å². The number of hydrogen-bond acceptors (Lipinski definition) is 6. The molecule has 0 saturated heterocycles. The number of hydrogen-bond donors (Lipinski definition) is 0. The number of esters is 3. The minimum atomic E-state index is -0.773. The molecule has 0 aliphatic rings. The van der Waals surface area contributed by atoms with E-state index in [1.807, 2.05) is 0 Å². The Morgan fingerprint density at radius 1 is 0.244 bits per heavy atom. The lowest BCUT2D eigenvalue weighted by molar-refractivity contribution is -0.167. The fourth-order valence-corrected chi connectivity index (χ4v) is 10.8. The fourth-order valence-electron chi connectivity index (χ4n) is 10.8. The summed E-state index contributed by atoms with van der Waals surface area (Å²) < 4.78 is 17.0. The number of allylic oxidation sites excluding steroid dienone is 10. The van der Waals surface area contributed by atoms with E-state index in [0.29, 0.717) is 19.3 Å². The van der Waals surface area contributed by atoms with Crippen molar-refractivity contribution in [2.45, 2.75) is 393 Å². The maximum atomic E-state index is 12.9. The molecule has 0 aliphatic carbocycles. The van der Waals surface area contributed by atoms with Crippen molar-refractivity contribution >= 4 is 17.9 Å². The molecule has 82 heavy (non-hydrogen) atoms. The zero-order valence-electron chi connectivity index (χ0n) is 55.0. The molecule has 1 atom stereocenters. The largest absolute Gasteiger partial charge is 0.462 e. The smallest absolute Gasteiger partial charge is 0.306 e. The van der Waals surface area contributed by atoms with Crippen LogP contribution in [0.4, 0.5) is 0 Å². The van der Waals surface area contributed by atoms with Gasteiger partial charge in [0.25, 0.3) is 0 Å². The van der Waals surface area contributed by atoms with Crippen LogP contribution in [0.2, 0.25) is 0 Å². The van der Waals surface area contributed by atoms with Crippen LogP contribution in [0.1, 0.15) is 387 Å². The normalized spacial score (nSPS) is 12.4. The van der Waals surface area contributed by atoms with Gasteiger partial charge in [-0.3, -0.25) is 14.4 Å². The van der Waals surface area contributed by atoms with Gasteiger partial charge in [-0.15, -0.1) is 0 Å². The highest BCUT2D eigenvalue weighted by atomic mass is 16.6. The summed E-state index contributed by atoms with van der Waals surface area (Å²) in [5.41, 5.74) is 0. The molecular weight excluding hydrogens is 1010 g/mol. The fraction of sp³-hybridized carbons (Fsp3) is 0.829. The molecule has 478 valence electrons. The Balaban J connectivity index is 4.16. The molecule has 0 aliphatic heterocycles. The number of carbonyl (C=O) groups is 3. The van der Waals surface area contributed by atoms with E-state index in [-0.39, 0.29) is 31.1 Å². The van der Waals surface area contributed by atoms with E-state index in [9.17, 15) is 14.4 Å². The van der Waals surface area contributed by atoms with Crippen LogP contribution in [-0.4, -0.2) is 37.2 Å². The lowest BCUT2D eigenvalue weighted by atomic mass is 10.0. The third-order valence-electron chi connectivity index (χ3n) is 16.2. The molecule has 6 nitrogen and oxygen atoms in total. The van der Waals surface area contributed by atoms with E-state index < -0.39 is 6.10 Å². The lowest BCUT2D eigenvalue weighted by Gasteiger charge is -2.18. The van der Waals surface area contributed by atoms with E-state index in [2.05, 4.69) is 81.5 Å². The monoisotopic (exact) mass is 1150 g/mol. The predicted octanol–water partition coefficient (Wildman–Crippen LogP) is 25.1. The summed E-state index contributed by atoms with van der Waals surface area (Å²) in [5.74, 6) is -0.850. The van der Waals surface area contributed by atoms with Crippen molar-refractivity contribution in [1.29, 1.82) is 0 Å². The molecule has 0 bridgehead atoms. The SMILES string of the molecule is CCCCCCC/C=C\C/C=C\C/C=C\CCCCCCCCCCCCCCC(=O)OCC(COC(=O)CCCCCCCCCCCC)OC(=O)CCCCCCCCCCCCCCCCC/C=C\C/C=C\CCCCCCC. The average molecular weight is 1150 g/mol. The van der Waals surface area contributed by atoms with Crippen molar-refractivity contribution in [3.05, 3.63) is 60.8 Å². The Kier molecular flexibility index (Phi) is 68.1. The Labute approximate surface area is 510 Å². The second kappa shape index (κ2) is 70.6. The predicted molar refractivity (Wildman–Crippen MR) is 358 cm³/mol. The van der Waals surface area contributed by atoms with Crippen LogP contribution in [0.25, 0.3) is 0 Å². The highest BCUT2D eigenvalue weighted by Gasteiger charge is 2.19. The summed E-state index contributed by atoms with van der Waals surface area (Å²) in [5, 5.41) is 0. The standard InChI is InChI=1S/C76H138O6/c1-4-7-10-13-16-19-22-24-26-28-30-32-34-36-38-40-42-44-46-48-50-52-54-57-60-63-66-69-75(78)81-72-73(71-80-74(77)68-65-62-59-56-21-18-15-12-9-6-3)82-76(79)70-67-64-61-58-55-53-51-49-47-45-43-41-39-37-35-33-31-29-27-25-23-20-17-14-11-8-5-2/h22-25,28-31,34,36,73H,4-21,26-27,32-33,35,37-72H2,1-3H3/b24-22-,25-23-,30-28-,31-29-,36-34-. The zero-order chi connectivity index (χ0) is 59.2. The quantitative estimate of drug-likeness (QED) is 0.0261.